The van der Waals surface area contributed by atoms with Gasteiger partial charge in [0, 0.05) is 17.0 Å². The van der Waals surface area contributed by atoms with Crippen molar-refractivity contribution < 1.29 is 9.53 Å². The number of nitrogens with zero attached hydrogens (tertiary/aromatic N) is 3. The second-order valence-electron chi connectivity index (χ2n) is 6.65. The van der Waals surface area contributed by atoms with E-state index in [0.29, 0.717) is 29.7 Å². The zero-order valence-corrected chi connectivity index (χ0v) is 16.3. The third-order valence-corrected chi connectivity index (χ3v) is 4.40. The molecular formula is C22H20N6O2. The minimum atomic E-state index is -0.607. The number of primary amides is 1. The molecule has 0 saturated heterocycles. The zero-order valence-electron chi connectivity index (χ0n) is 16.3. The lowest BCUT2D eigenvalue weighted by atomic mass is 10.1. The van der Waals surface area contributed by atoms with Crippen LogP contribution >= 0.6 is 0 Å². The normalized spacial score (nSPS) is 10.6. The number of anilines is 3. The molecule has 2 heterocycles. The first-order chi connectivity index (χ1) is 14.6. The van der Waals surface area contributed by atoms with Crippen molar-refractivity contribution in [1.29, 1.82) is 0 Å². The number of carbonyl (C=O) groups is 1. The summed E-state index contributed by atoms with van der Waals surface area (Å²) in [6.45, 7) is 2.23. The molecule has 2 aromatic carbocycles. The molecule has 0 fully saturated rings. The molecule has 4 aromatic rings. The second kappa shape index (κ2) is 8.44. The minimum absolute atomic E-state index is 0.351. The highest BCUT2D eigenvalue weighted by Gasteiger charge is 2.09. The minimum Gasteiger partial charge on any atom is -0.488 e. The lowest BCUT2D eigenvalue weighted by molar-refractivity contribution is 0.259. The molecular weight excluding hydrogens is 380 g/mol. The van der Waals surface area contributed by atoms with E-state index < -0.39 is 6.03 Å². The van der Waals surface area contributed by atoms with Gasteiger partial charge in [-0.2, -0.15) is 0 Å². The molecule has 8 nitrogen and oxygen atoms in total. The number of carbonyl (C=O) groups excluding carboxylic acids is 1. The number of aromatic nitrogens is 3. The molecule has 0 bridgehead atoms. The molecule has 2 aromatic heterocycles. The SMILES string of the molecule is Cc1cnc(Nc2cc(COc3ccc(NC(N)=O)c4ccccc34)ccn2)cn1. The highest BCUT2D eigenvalue weighted by atomic mass is 16.5. The molecule has 2 amide bonds. The number of aryl methyl sites for hydroxylation is 1. The first-order valence-corrected chi connectivity index (χ1v) is 9.30. The molecule has 150 valence electrons. The smallest absolute Gasteiger partial charge is 0.316 e. The summed E-state index contributed by atoms with van der Waals surface area (Å²) in [6.07, 6.45) is 5.06. The van der Waals surface area contributed by atoms with Gasteiger partial charge in [0.05, 0.1) is 23.8 Å². The molecule has 8 heteroatoms. The van der Waals surface area contributed by atoms with E-state index in [1.54, 1.807) is 24.7 Å². The Kier molecular flexibility index (Phi) is 5.38. The van der Waals surface area contributed by atoms with E-state index in [-0.39, 0.29) is 0 Å². The van der Waals surface area contributed by atoms with Gasteiger partial charge in [0.1, 0.15) is 24.0 Å². The number of hydrogen-bond acceptors (Lipinski definition) is 6. The van der Waals surface area contributed by atoms with Crippen LogP contribution in [0.2, 0.25) is 0 Å². The summed E-state index contributed by atoms with van der Waals surface area (Å²) >= 11 is 0. The molecule has 0 aliphatic carbocycles. The fourth-order valence-electron chi connectivity index (χ4n) is 3.02. The molecule has 0 aliphatic heterocycles. The van der Waals surface area contributed by atoms with Crippen LogP contribution < -0.4 is 21.1 Å². The predicted octanol–water partition coefficient (Wildman–Crippen LogP) is 4.15. The maximum atomic E-state index is 11.2. The van der Waals surface area contributed by atoms with Crippen LogP contribution in [0, 0.1) is 6.92 Å². The van der Waals surface area contributed by atoms with E-state index in [0.717, 1.165) is 22.0 Å². The van der Waals surface area contributed by atoms with E-state index in [9.17, 15) is 4.79 Å². The summed E-state index contributed by atoms with van der Waals surface area (Å²) in [5.74, 6) is 1.98. The molecule has 0 unspecified atom stereocenters. The molecule has 0 aliphatic rings. The highest BCUT2D eigenvalue weighted by molar-refractivity contribution is 6.03. The van der Waals surface area contributed by atoms with Crippen molar-refractivity contribution in [2.45, 2.75) is 13.5 Å². The van der Waals surface area contributed by atoms with Crippen molar-refractivity contribution in [2.75, 3.05) is 10.6 Å². The van der Waals surface area contributed by atoms with Gasteiger partial charge in [-0.3, -0.25) is 4.98 Å². The number of fused-ring (bicyclic) bond motifs is 1. The van der Waals surface area contributed by atoms with Gasteiger partial charge >= 0.3 is 6.03 Å². The van der Waals surface area contributed by atoms with Gasteiger partial charge < -0.3 is 21.1 Å². The number of nitrogens with one attached hydrogen (secondary N) is 2. The largest absolute Gasteiger partial charge is 0.488 e. The van der Waals surface area contributed by atoms with Crippen LogP contribution in [-0.2, 0) is 6.61 Å². The Balaban J connectivity index is 1.52. The van der Waals surface area contributed by atoms with E-state index in [2.05, 4.69) is 25.6 Å². The number of ether oxygens (including phenoxy) is 1. The number of nitrogens with two attached hydrogens (primary N) is 1. The Hall–Kier alpha value is -4.20. The third-order valence-electron chi connectivity index (χ3n) is 4.40. The Morgan fingerprint density at radius 3 is 2.60 bits per heavy atom. The summed E-state index contributed by atoms with van der Waals surface area (Å²) in [7, 11) is 0. The van der Waals surface area contributed by atoms with E-state index in [1.807, 2.05) is 49.4 Å². The molecule has 0 atom stereocenters. The Morgan fingerprint density at radius 1 is 1.00 bits per heavy atom. The first-order valence-electron chi connectivity index (χ1n) is 9.30. The number of benzene rings is 2. The standard InChI is InChI=1S/C22H20N6O2/c1-14-11-26-21(12-25-14)28-20-10-15(8-9-24-20)13-30-19-7-6-18(27-22(23)29)16-4-2-3-5-17(16)19/h2-12H,13H2,1H3,(H3,23,27,29)(H,24,26,28). The number of pyridine rings is 1. The third kappa shape index (κ3) is 4.44. The molecule has 0 spiro atoms. The Bertz CT molecular complexity index is 1190. The lowest BCUT2D eigenvalue weighted by Crippen LogP contribution is -2.19. The quantitative estimate of drug-likeness (QED) is 0.448. The van der Waals surface area contributed by atoms with Gasteiger partial charge in [-0.15, -0.1) is 0 Å². The molecule has 4 N–H and O–H groups in total. The van der Waals surface area contributed by atoms with Crippen molar-refractivity contribution in [3.05, 3.63) is 78.4 Å². The van der Waals surface area contributed by atoms with Gasteiger partial charge in [-0.1, -0.05) is 24.3 Å². The van der Waals surface area contributed by atoms with Crippen molar-refractivity contribution in [3.8, 4) is 5.75 Å². The van der Waals surface area contributed by atoms with Crippen LogP contribution in [0.3, 0.4) is 0 Å². The molecule has 0 saturated carbocycles. The van der Waals surface area contributed by atoms with Gasteiger partial charge in [0.2, 0.25) is 0 Å². The average Bonchev–Trinajstić information content (AvgIpc) is 2.75. The number of hydrogen-bond donors (Lipinski definition) is 3. The fourth-order valence-corrected chi connectivity index (χ4v) is 3.02. The Morgan fingerprint density at radius 2 is 1.83 bits per heavy atom. The number of urea groups is 1. The predicted molar refractivity (Wildman–Crippen MR) is 116 cm³/mol. The van der Waals surface area contributed by atoms with Crippen LogP contribution in [0.15, 0.2) is 67.1 Å². The summed E-state index contributed by atoms with van der Waals surface area (Å²) in [5.41, 5.74) is 7.69. The summed E-state index contributed by atoms with van der Waals surface area (Å²) in [4.78, 5) is 24.1. The lowest BCUT2D eigenvalue weighted by Gasteiger charge is -2.13. The number of rotatable bonds is 6. The second-order valence-corrected chi connectivity index (χ2v) is 6.65. The van der Waals surface area contributed by atoms with E-state index in [4.69, 9.17) is 10.5 Å². The van der Waals surface area contributed by atoms with Gasteiger partial charge in [0.15, 0.2) is 0 Å². The topological polar surface area (TPSA) is 115 Å². The van der Waals surface area contributed by atoms with Crippen LogP contribution in [0.4, 0.5) is 22.1 Å². The van der Waals surface area contributed by atoms with Crippen LogP contribution in [-0.4, -0.2) is 21.0 Å². The zero-order chi connectivity index (χ0) is 20.9. The van der Waals surface area contributed by atoms with Crippen molar-refractivity contribution in [3.63, 3.8) is 0 Å². The number of amides is 2. The van der Waals surface area contributed by atoms with Crippen molar-refractivity contribution in [1.82, 2.24) is 15.0 Å². The summed E-state index contributed by atoms with van der Waals surface area (Å²) in [6, 6.07) is 14.4. The molecule has 30 heavy (non-hydrogen) atoms. The van der Waals surface area contributed by atoms with Gasteiger partial charge in [0.25, 0.3) is 0 Å². The van der Waals surface area contributed by atoms with Crippen molar-refractivity contribution in [2.24, 2.45) is 5.73 Å². The fraction of sp³-hybridized carbons (Fsp3) is 0.0909. The van der Waals surface area contributed by atoms with E-state index >= 15 is 0 Å². The highest BCUT2D eigenvalue weighted by Crippen LogP contribution is 2.32. The maximum Gasteiger partial charge on any atom is 0.316 e. The maximum absolute atomic E-state index is 11.2. The monoisotopic (exact) mass is 400 g/mol. The average molecular weight is 400 g/mol. The van der Waals surface area contributed by atoms with Crippen LogP contribution in [0.1, 0.15) is 11.3 Å². The summed E-state index contributed by atoms with van der Waals surface area (Å²) in [5, 5.41) is 7.50. The summed E-state index contributed by atoms with van der Waals surface area (Å²) < 4.78 is 6.06. The first kappa shape index (κ1) is 19.1. The Labute approximate surface area is 173 Å². The van der Waals surface area contributed by atoms with E-state index in [1.165, 1.54) is 0 Å². The van der Waals surface area contributed by atoms with Gasteiger partial charge in [-0.05, 0) is 36.8 Å². The van der Waals surface area contributed by atoms with Crippen LogP contribution in [0.25, 0.3) is 10.8 Å². The van der Waals surface area contributed by atoms with Crippen molar-refractivity contribution >= 4 is 34.1 Å². The molecule has 4 rings (SSSR count). The van der Waals surface area contributed by atoms with Crippen LogP contribution in [0.5, 0.6) is 5.75 Å². The molecule has 0 radical (unpaired) electrons. The van der Waals surface area contributed by atoms with Gasteiger partial charge in [-0.25, -0.2) is 14.8 Å².